The van der Waals surface area contributed by atoms with Crippen molar-refractivity contribution in [1.82, 2.24) is 4.98 Å². The van der Waals surface area contributed by atoms with Gasteiger partial charge in [0.2, 0.25) is 0 Å². The summed E-state index contributed by atoms with van der Waals surface area (Å²) in [7, 11) is 0. The molecule has 106 valence electrons. The van der Waals surface area contributed by atoms with Crippen molar-refractivity contribution < 1.29 is 13.2 Å². The summed E-state index contributed by atoms with van der Waals surface area (Å²) in [5.74, 6) is 0. The van der Waals surface area contributed by atoms with Crippen LogP contribution in [-0.2, 0) is 6.18 Å². The molecule has 1 aromatic carbocycles. The van der Waals surface area contributed by atoms with Gasteiger partial charge in [0.25, 0.3) is 0 Å². The molecular weight excluding hydrogens is 333 g/mol. The molecule has 2 rings (SSSR count). The Hall–Kier alpha value is -1.40. The normalized spacial score (nSPS) is 13.3. The maximum Gasteiger partial charge on any atom is 0.416 e. The Kier molecular flexibility index (Phi) is 4.15. The molecule has 6 heteroatoms. The van der Waals surface area contributed by atoms with E-state index in [0.717, 1.165) is 22.3 Å². The minimum atomic E-state index is -4.44. The van der Waals surface area contributed by atoms with Gasteiger partial charge in [-0.3, -0.25) is 4.98 Å². The van der Waals surface area contributed by atoms with Gasteiger partial charge in [-0.15, -0.1) is 0 Å². The molecule has 0 aliphatic carbocycles. The topological polar surface area (TPSA) is 38.9 Å². The van der Waals surface area contributed by atoms with Crippen molar-refractivity contribution in [1.29, 1.82) is 0 Å². The van der Waals surface area contributed by atoms with Crippen LogP contribution in [0.4, 0.5) is 13.2 Å². The van der Waals surface area contributed by atoms with E-state index < -0.39 is 17.8 Å². The maximum absolute atomic E-state index is 13.0. The van der Waals surface area contributed by atoms with E-state index >= 15 is 0 Å². The number of benzene rings is 1. The van der Waals surface area contributed by atoms with E-state index in [-0.39, 0.29) is 5.56 Å². The van der Waals surface area contributed by atoms with Crippen molar-refractivity contribution in [2.75, 3.05) is 0 Å². The van der Waals surface area contributed by atoms with Gasteiger partial charge in [0.15, 0.2) is 0 Å². The first kappa shape index (κ1) is 15.0. The minimum Gasteiger partial charge on any atom is -0.320 e. The van der Waals surface area contributed by atoms with Gasteiger partial charge in [0.05, 0.1) is 11.6 Å². The standard InChI is InChI=1S/C14H12BrF3N2/c1-8-6-9(2-3-12(8)15)13(19)10-7-20-5-4-11(10)14(16,17)18/h2-7,13H,19H2,1H3. The fraction of sp³-hybridized carbons (Fsp3) is 0.214. The summed E-state index contributed by atoms with van der Waals surface area (Å²) in [5.41, 5.74) is 6.73. The van der Waals surface area contributed by atoms with Crippen LogP contribution in [0.25, 0.3) is 0 Å². The number of nitrogens with two attached hydrogens (primary N) is 1. The molecule has 0 spiro atoms. The fourth-order valence-corrected chi connectivity index (χ4v) is 2.20. The Bertz CT molecular complexity index is 626. The molecule has 20 heavy (non-hydrogen) atoms. The molecule has 0 saturated carbocycles. The molecule has 0 fully saturated rings. The second-order valence-corrected chi connectivity index (χ2v) is 5.30. The van der Waals surface area contributed by atoms with Crippen LogP contribution in [0.1, 0.15) is 28.3 Å². The van der Waals surface area contributed by atoms with E-state index in [1.807, 2.05) is 6.92 Å². The Morgan fingerprint density at radius 2 is 1.95 bits per heavy atom. The Labute approximate surface area is 123 Å². The number of aromatic nitrogens is 1. The van der Waals surface area contributed by atoms with Crippen LogP contribution in [0.2, 0.25) is 0 Å². The summed E-state index contributed by atoms with van der Waals surface area (Å²) in [4.78, 5) is 3.76. The van der Waals surface area contributed by atoms with Crippen LogP contribution < -0.4 is 5.73 Å². The largest absolute Gasteiger partial charge is 0.416 e. The number of hydrogen-bond donors (Lipinski definition) is 1. The van der Waals surface area contributed by atoms with Crippen LogP contribution in [0.3, 0.4) is 0 Å². The number of halogens is 4. The predicted molar refractivity (Wildman–Crippen MR) is 74.1 cm³/mol. The average molecular weight is 345 g/mol. The van der Waals surface area contributed by atoms with Crippen molar-refractivity contribution in [3.05, 3.63) is 63.4 Å². The third kappa shape index (κ3) is 3.02. The van der Waals surface area contributed by atoms with Gasteiger partial charge in [0, 0.05) is 22.4 Å². The average Bonchev–Trinajstić information content (AvgIpc) is 2.40. The van der Waals surface area contributed by atoms with Crippen molar-refractivity contribution in [3.63, 3.8) is 0 Å². The molecule has 2 N–H and O–H groups in total. The lowest BCUT2D eigenvalue weighted by Crippen LogP contribution is -2.19. The highest BCUT2D eigenvalue weighted by atomic mass is 79.9. The first-order valence-electron chi connectivity index (χ1n) is 5.83. The lowest BCUT2D eigenvalue weighted by molar-refractivity contribution is -0.138. The molecule has 0 amide bonds. The highest BCUT2D eigenvalue weighted by Crippen LogP contribution is 2.35. The number of rotatable bonds is 2. The lowest BCUT2D eigenvalue weighted by atomic mass is 9.95. The summed E-state index contributed by atoms with van der Waals surface area (Å²) < 4.78 is 39.8. The zero-order valence-electron chi connectivity index (χ0n) is 10.6. The molecule has 1 aromatic heterocycles. The molecule has 0 aliphatic rings. The van der Waals surface area contributed by atoms with Gasteiger partial charge in [0.1, 0.15) is 0 Å². The molecule has 0 bridgehead atoms. The van der Waals surface area contributed by atoms with Crippen LogP contribution >= 0.6 is 15.9 Å². The van der Waals surface area contributed by atoms with Gasteiger partial charge in [-0.25, -0.2) is 0 Å². The maximum atomic E-state index is 13.0. The Morgan fingerprint density at radius 1 is 1.25 bits per heavy atom. The quantitative estimate of drug-likeness (QED) is 0.885. The van der Waals surface area contributed by atoms with Gasteiger partial charge >= 0.3 is 6.18 Å². The summed E-state index contributed by atoms with van der Waals surface area (Å²) in [5, 5.41) is 0. The summed E-state index contributed by atoms with van der Waals surface area (Å²) in [6.45, 7) is 1.86. The van der Waals surface area contributed by atoms with E-state index in [9.17, 15) is 13.2 Å². The van der Waals surface area contributed by atoms with Crippen molar-refractivity contribution >= 4 is 15.9 Å². The van der Waals surface area contributed by atoms with Crippen LogP contribution in [0.5, 0.6) is 0 Å². The third-order valence-corrected chi connectivity index (χ3v) is 3.92. The summed E-state index contributed by atoms with van der Waals surface area (Å²) in [6, 6.07) is 5.32. The molecule has 0 aliphatic heterocycles. The number of pyridine rings is 1. The van der Waals surface area contributed by atoms with E-state index in [1.165, 1.54) is 6.20 Å². The van der Waals surface area contributed by atoms with Crippen molar-refractivity contribution in [2.45, 2.75) is 19.1 Å². The molecule has 1 heterocycles. The van der Waals surface area contributed by atoms with Crippen LogP contribution in [0, 0.1) is 6.92 Å². The fourth-order valence-electron chi connectivity index (χ4n) is 1.95. The predicted octanol–water partition coefficient (Wildman–Crippen LogP) is 4.22. The van der Waals surface area contributed by atoms with E-state index in [1.54, 1.807) is 18.2 Å². The lowest BCUT2D eigenvalue weighted by Gasteiger charge is -2.18. The molecule has 0 saturated heterocycles. The molecular formula is C14H12BrF3N2. The number of alkyl halides is 3. The summed E-state index contributed by atoms with van der Waals surface area (Å²) in [6.07, 6.45) is -2.16. The molecule has 0 radical (unpaired) electrons. The summed E-state index contributed by atoms with van der Waals surface area (Å²) >= 11 is 3.35. The van der Waals surface area contributed by atoms with E-state index in [0.29, 0.717) is 5.56 Å². The highest BCUT2D eigenvalue weighted by molar-refractivity contribution is 9.10. The van der Waals surface area contributed by atoms with Crippen molar-refractivity contribution in [3.8, 4) is 0 Å². The zero-order valence-corrected chi connectivity index (χ0v) is 12.2. The molecule has 2 aromatic rings. The number of hydrogen-bond acceptors (Lipinski definition) is 2. The monoisotopic (exact) mass is 344 g/mol. The van der Waals surface area contributed by atoms with Gasteiger partial charge in [-0.2, -0.15) is 13.2 Å². The second-order valence-electron chi connectivity index (χ2n) is 4.45. The minimum absolute atomic E-state index is 0.0262. The molecule has 2 nitrogen and oxygen atoms in total. The highest BCUT2D eigenvalue weighted by Gasteiger charge is 2.34. The Balaban J connectivity index is 2.48. The number of aryl methyl sites for hydroxylation is 1. The van der Waals surface area contributed by atoms with Crippen molar-refractivity contribution in [2.24, 2.45) is 5.73 Å². The number of nitrogens with zero attached hydrogens (tertiary/aromatic N) is 1. The Morgan fingerprint density at radius 3 is 2.55 bits per heavy atom. The van der Waals surface area contributed by atoms with Gasteiger partial charge in [-0.1, -0.05) is 28.1 Å². The first-order chi connectivity index (χ1) is 9.30. The van der Waals surface area contributed by atoms with E-state index in [2.05, 4.69) is 20.9 Å². The molecule has 1 atom stereocenters. The first-order valence-corrected chi connectivity index (χ1v) is 6.62. The van der Waals surface area contributed by atoms with Crippen LogP contribution in [-0.4, -0.2) is 4.98 Å². The SMILES string of the molecule is Cc1cc(C(N)c2cnccc2C(F)(F)F)ccc1Br. The van der Waals surface area contributed by atoms with Gasteiger partial charge < -0.3 is 5.73 Å². The second kappa shape index (κ2) is 5.54. The van der Waals surface area contributed by atoms with Crippen LogP contribution in [0.15, 0.2) is 41.1 Å². The van der Waals surface area contributed by atoms with E-state index in [4.69, 9.17) is 5.73 Å². The zero-order chi connectivity index (χ0) is 14.9. The third-order valence-electron chi connectivity index (χ3n) is 3.03. The smallest absolute Gasteiger partial charge is 0.320 e. The van der Waals surface area contributed by atoms with Gasteiger partial charge in [-0.05, 0) is 30.2 Å². The molecule has 1 unspecified atom stereocenters.